The Hall–Kier alpha value is -2.70. The van der Waals surface area contributed by atoms with Gasteiger partial charge >= 0.3 is 5.97 Å². The highest BCUT2D eigenvalue weighted by Crippen LogP contribution is 2.15. The summed E-state index contributed by atoms with van der Waals surface area (Å²) < 4.78 is 31.3. The predicted octanol–water partition coefficient (Wildman–Crippen LogP) is 2.49. The minimum Gasteiger partial charge on any atom is -0.478 e. The molecule has 0 aliphatic heterocycles. The number of aryl methyl sites for hydroxylation is 1. The molecular weight excluding hydrogens is 284 g/mol. The lowest BCUT2D eigenvalue weighted by Gasteiger charge is -2.04. The van der Waals surface area contributed by atoms with E-state index in [1.54, 1.807) is 0 Å². The maximum Gasteiger partial charge on any atom is 0.339 e. The van der Waals surface area contributed by atoms with Gasteiger partial charge in [0.2, 0.25) is 0 Å². The van der Waals surface area contributed by atoms with Crippen LogP contribution in [-0.4, -0.2) is 17.0 Å². The molecule has 0 unspecified atom stereocenters. The number of halogens is 2. The number of carboxylic acids is 1. The van der Waals surface area contributed by atoms with Gasteiger partial charge in [0.1, 0.15) is 28.7 Å². The van der Waals surface area contributed by atoms with Crippen LogP contribution in [0.25, 0.3) is 0 Å². The second-order valence-electron chi connectivity index (χ2n) is 4.29. The summed E-state index contributed by atoms with van der Waals surface area (Å²) in [7, 11) is 0. The smallest absolute Gasteiger partial charge is 0.339 e. The maximum atomic E-state index is 13.4. The first-order valence-electron chi connectivity index (χ1n) is 5.94. The van der Waals surface area contributed by atoms with Crippen LogP contribution in [0.1, 0.15) is 32.2 Å². The number of furan rings is 1. The molecule has 2 aromatic rings. The molecule has 0 atom stereocenters. The van der Waals surface area contributed by atoms with Gasteiger partial charge in [0.25, 0.3) is 5.91 Å². The molecule has 0 saturated carbocycles. The topological polar surface area (TPSA) is 79.5 Å². The summed E-state index contributed by atoms with van der Waals surface area (Å²) in [6.07, 6.45) is 0. The van der Waals surface area contributed by atoms with E-state index >= 15 is 0 Å². The molecular formula is C14H11F2NO4. The van der Waals surface area contributed by atoms with Gasteiger partial charge in [0.15, 0.2) is 0 Å². The van der Waals surface area contributed by atoms with E-state index in [2.05, 4.69) is 5.32 Å². The SMILES string of the molecule is Cc1oc(CNC(=O)c2ccc(F)cc2F)cc1C(=O)O. The zero-order chi connectivity index (χ0) is 15.6. The number of carbonyl (C=O) groups is 2. The van der Waals surface area contributed by atoms with Crippen molar-refractivity contribution in [3.8, 4) is 0 Å². The molecule has 5 nitrogen and oxygen atoms in total. The van der Waals surface area contributed by atoms with E-state index in [1.807, 2.05) is 0 Å². The van der Waals surface area contributed by atoms with Crippen LogP contribution >= 0.6 is 0 Å². The summed E-state index contributed by atoms with van der Waals surface area (Å²) >= 11 is 0. The number of amides is 1. The summed E-state index contributed by atoms with van der Waals surface area (Å²) in [6, 6.07) is 3.88. The summed E-state index contributed by atoms with van der Waals surface area (Å²) in [4.78, 5) is 22.6. The van der Waals surface area contributed by atoms with E-state index in [0.29, 0.717) is 6.07 Å². The van der Waals surface area contributed by atoms with E-state index in [1.165, 1.54) is 13.0 Å². The maximum absolute atomic E-state index is 13.4. The Morgan fingerprint density at radius 2 is 1.95 bits per heavy atom. The van der Waals surface area contributed by atoms with Crippen molar-refractivity contribution in [2.75, 3.05) is 0 Å². The fraction of sp³-hybridized carbons (Fsp3) is 0.143. The number of nitrogens with one attached hydrogen (secondary N) is 1. The molecule has 1 heterocycles. The molecule has 0 spiro atoms. The molecule has 0 aliphatic rings. The zero-order valence-corrected chi connectivity index (χ0v) is 10.9. The summed E-state index contributed by atoms with van der Waals surface area (Å²) in [5.41, 5.74) is -0.314. The van der Waals surface area contributed by atoms with Gasteiger partial charge < -0.3 is 14.8 Å². The number of carboxylic acid groups (broad SMARTS) is 1. The first kappa shape index (κ1) is 14.7. The molecule has 0 aliphatic carbocycles. The van der Waals surface area contributed by atoms with Crippen LogP contribution in [0.4, 0.5) is 8.78 Å². The normalized spacial score (nSPS) is 10.4. The molecule has 7 heteroatoms. The average molecular weight is 295 g/mol. The quantitative estimate of drug-likeness (QED) is 0.908. The summed E-state index contributed by atoms with van der Waals surface area (Å²) in [5.74, 6) is -3.22. The van der Waals surface area contributed by atoms with Crippen molar-refractivity contribution in [1.29, 1.82) is 0 Å². The van der Waals surface area contributed by atoms with Gasteiger partial charge in [0, 0.05) is 6.07 Å². The van der Waals surface area contributed by atoms with Crippen molar-refractivity contribution in [3.63, 3.8) is 0 Å². The van der Waals surface area contributed by atoms with Crippen molar-refractivity contribution >= 4 is 11.9 Å². The van der Waals surface area contributed by atoms with Gasteiger partial charge in [-0.3, -0.25) is 4.79 Å². The molecule has 21 heavy (non-hydrogen) atoms. The monoisotopic (exact) mass is 295 g/mol. The molecule has 2 N–H and O–H groups in total. The molecule has 0 radical (unpaired) electrons. The lowest BCUT2D eigenvalue weighted by Crippen LogP contribution is -2.23. The number of rotatable bonds is 4. The van der Waals surface area contributed by atoms with E-state index in [9.17, 15) is 18.4 Å². The lowest BCUT2D eigenvalue weighted by molar-refractivity contribution is 0.0694. The van der Waals surface area contributed by atoms with E-state index in [4.69, 9.17) is 9.52 Å². The van der Waals surface area contributed by atoms with Gasteiger partial charge in [-0.1, -0.05) is 0 Å². The summed E-state index contributed by atoms with van der Waals surface area (Å²) in [5, 5.41) is 11.2. The molecule has 0 bridgehead atoms. The Balaban J connectivity index is 2.07. The van der Waals surface area contributed by atoms with Crippen LogP contribution in [0.5, 0.6) is 0 Å². The first-order valence-corrected chi connectivity index (χ1v) is 5.94. The second kappa shape index (κ2) is 5.74. The number of benzene rings is 1. The molecule has 2 rings (SSSR count). The largest absolute Gasteiger partial charge is 0.478 e. The van der Waals surface area contributed by atoms with Crippen molar-refractivity contribution in [1.82, 2.24) is 5.32 Å². The van der Waals surface area contributed by atoms with E-state index < -0.39 is 23.5 Å². The lowest BCUT2D eigenvalue weighted by atomic mass is 10.2. The molecule has 0 fully saturated rings. The zero-order valence-electron chi connectivity index (χ0n) is 10.9. The Morgan fingerprint density at radius 3 is 2.52 bits per heavy atom. The van der Waals surface area contributed by atoms with Gasteiger partial charge in [0.05, 0.1) is 12.1 Å². The Morgan fingerprint density at radius 1 is 1.24 bits per heavy atom. The summed E-state index contributed by atoms with van der Waals surface area (Å²) in [6.45, 7) is 1.37. The van der Waals surface area contributed by atoms with Crippen LogP contribution < -0.4 is 5.32 Å². The molecule has 0 saturated heterocycles. The number of carbonyl (C=O) groups excluding carboxylic acids is 1. The average Bonchev–Trinajstić information content (AvgIpc) is 2.77. The van der Waals surface area contributed by atoms with Crippen LogP contribution in [0, 0.1) is 18.6 Å². The van der Waals surface area contributed by atoms with Crippen molar-refractivity contribution in [3.05, 3.63) is 58.5 Å². The van der Waals surface area contributed by atoms with Crippen LogP contribution in [0.3, 0.4) is 0 Å². The number of aromatic carboxylic acids is 1. The van der Waals surface area contributed by atoms with Crippen LogP contribution in [0.15, 0.2) is 28.7 Å². The number of hydrogen-bond donors (Lipinski definition) is 2. The van der Waals surface area contributed by atoms with E-state index in [-0.39, 0.29) is 29.2 Å². The Kier molecular flexibility index (Phi) is 4.02. The third kappa shape index (κ3) is 3.25. The van der Waals surface area contributed by atoms with Crippen LogP contribution in [-0.2, 0) is 6.54 Å². The first-order chi connectivity index (χ1) is 9.88. The second-order valence-corrected chi connectivity index (χ2v) is 4.29. The van der Waals surface area contributed by atoms with E-state index in [0.717, 1.165) is 12.1 Å². The third-order valence-electron chi connectivity index (χ3n) is 2.80. The van der Waals surface area contributed by atoms with Gasteiger partial charge in [-0.2, -0.15) is 0 Å². The van der Waals surface area contributed by atoms with Gasteiger partial charge in [-0.05, 0) is 25.1 Å². The van der Waals surface area contributed by atoms with Crippen LogP contribution in [0.2, 0.25) is 0 Å². The van der Waals surface area contributed by atoms with Crippen molar-refractivity contribution < 1.29 is 27.9 Å². The predicted molar refractivity (Wildman–Crippen MR) is 67.9 cm³/mol. The Labute approximate surface area is 118 Å². The third-order valence-corrected chi connectivity index (χ3v) is 2.80. The standard InChI is InChI=1S/C14H11F2NO4/c1-7-11(14(19)20)5-9(21-7)6-17-13(18)10-3-2-8(15)4-12(10)16/h2-5H,6H2,1H3,(H,17,18)(H,19,20). The fourth-order valence-electron chi connectivity index (χ4n) is 1.78. The van der Waals surface area contributed by atoms with Crippen molar-refractivity contribution in [2.45, 2.75) is 13.5 Å². The minimum atomic E-state index is -1.14. The van der Waals surface area contributed by atoms with Gasteiger partial charge in [-0.15, -0.1) is 0 Å². The molecule has 1 amide bonds. The highest BCUT2D eigenvalue weighted by Gasteiger charge is 2.16. The van der Waals surface area contributed by atoms with Crippen molar-refractivity contribution in [2.24, 2.45) is 0 Å². The fourth-order valence-corrected chi connectivity index (χ4v) is 1.78. The molecule has 110 valence electrons. The molecule has 1 aromatic carbocycles. The molecule has 1 aromatic heterocycles. The van der Waals surface area contributed by atoms with Gasteiger partial charge in [-0.25, -0.2) is 13.6 Å². The minimum absolute atomic E-state index is 0.00721. The highest BCUT2D eigenvalue weighted by atomic mass is 19.1. The highest BCUT2D eigenvalue weighted by molar-refractivity contribution is 5.94. The number of hydrogen-bond acceptors (Lipinski definition) is 3. The Bertz CT molecular complexity index is 709.